The lowest BCUT2D eigenvalue weighted by Crippen LogP contribution is -2.39. The summed E-state index contributed by atoms with van der Waals surface area (Å²) in [6, 6.07) is 0.242. The van der Waals surface area contributed by atoms with Crippen LogP contribution >= 0.6 is 12.4 Å². The predicted molar refractivity (Wildman–Crippen MR) is 92.6 cm³/mol. The van der Waals surface area contributed by atoms with Crippen molar-refractivity contribution >= 4 is 24.3 Å². The van der Waals surface area contributed by atoms with Crippen LogP contribution < -0.4 is 10.6 Å². The molecule has 2 aliphatic rings. The number of ether oxygens (including phenoxy) is 1. The van der Waals surface area contributed by atoms with E-state index in [0.29, 0.717) is 18.9 Å². The van der Waals surface area contributed by atoms with Gasteiger partial charge in [-0.15, -0.1) is 12.4 Å². The van der Waals surface area contributed by atoms with Crippen LogP contribution in [0.3, 0.4) is 0 Å². The van der Waals surface area contributed by atoms with Crippen LogP contribution in [0.4, 0.5) is 0 Å². The lowest BCUT2D eigenvalue weighted by molar-refractivity contribution is -0.149. The quantitative estimate of drug-likeness (QED) is 0.725. The number of carbonyl (C=O) groups excluding carboxylic acids is 2. The molecule has 0 radical (unpaired) electrons. The summed E-state index contributed by atoms with van der Waals surface area (Å²) in [6.45, 7) is 4.46. The fourth-order valence-corrected chi connectivity index (χ4v) is 3.54. The summed E-state index contributed by atoms with van der Waals surface area (Å²) >= 11 is 0. The van der Waals surface area contributed by atoms with Crippen LogP contribution in [0, 0.1) is 11.8 Å². The van der Waals surface area contributed by atoms with Crippen LogP contribution in [0.2, 0.25) is 0 Å². The Labute approximate surface area is 145 Å². The smallest absolute Gasteiger partial charge is 0.308 e. The van der Waals surface area contributed by atoms with Gasteiger partial charge in [0, 0.05) is 12.5 Å². The largest absolute Gasteiger partial charge is 0.466 e. The molecular formula is C17H31ClN2O3. The summed E-state index contributed by atoms with van der Waals surface area (Å²) < 4.78 is 5.07. The first-order valence-electron chi connectivity index (χ1n) is 8.85. The van der Waals surface area contributed by atoms with E-state index in [9.17, 15) is 9.59 Å². The topological polar surface area (TPSA) is 67.4 Å². The molecule has 1 saturated heterocycles. The van der Waals surface area contributed by atoms with Crippen molar-refractivity contribution in [2.75, 3.05) is 19.7 Å². The summed E-state index contributed by atoms with van der Waals surface area (Å²) in [4.78, 5) is 23.7. The highest BCUT2D eigenvalue weighted by Gasteiger charge is 2.28. The molecule has 6 heteroatoms. The molecule has 0 aromatic rings. The maximum absolute atomic E-state index is 12.1. The van der Waals surface area contributed by atoms with Crippen molar-refractivity contribution < 1.29 is 14.3 Å². The van der Waals surface area contributed by atoms with Crippen molar-refractivity contribution in [3.8, 4) is 0 Å². The SMILES string of the molecule is CCOC(=O)C1CCC(NC(=O)CCC2CCNCC2)CC1.Cl. The summed E-state index contributed by atoms with van der Waals surface area (Å²) in [5.74, 6) is 0.839. The summed E-state index contributed by atoms with van der Waals surface area (Å²) in [6.07, 6.45) is 7.48. The van der Waals surface area contributed by atoms with Crippen molar-refractivity contribution in [3.63, 3.8) is 0 Å². The molecule has 0 spiro atoms. The molecule has 1 saturated carbocycles. The fourth-order valence-electron chi connectivity index (χ4n) is 3.54. The molecule has 1 aliphatic heterocycles. The highest BCUT2D eigenvalue weighted by molar-refractivity contribution is 5.85. The number of amides is 1. The third kappa shape index (κ3) is 7.08. The van der Waals surface area contributed by atoms with Crippen molar-refractivity contribution in [2.24, 2.45) is 11.8 Å². The second kappa shape index (κ2) is 10.9. The van der Waals surface area contributed by atoms with Gasteiger partial charge >= 0.3 is 5.97 Å². The van der Waals surface area contributed by atoms with Gasteiger partial charge in [0.25, 0.3) is 0 Å². The number of hydrogen-bond donors (Lipinski definition) is 2. The second-order valence-electron chi connectivity index (χ2n) is 6.60. The predicted octanol–water partition coefficient (Wildman–Crippen LogP) is 2.43. The van der Waals surface area contributed by atoms with E-state index in [1.54, 1.807) is 0 Å². The minimum atomic E-state index is -0.0711. The zero-order valence-corrected chi connectivity index (χ0v) is 15.0. The Hall–Kier alpha value is -0.810. The Balaban J connectivity index is 0.00000264. The number of hydrogen-bond acceptors (Lipinski definition) is 4. The molecule has 2 rings (SSSR count). The van der Waals surface area contributed by atoms with Crippen LogP contribution in [-0.4, -0.2) is 37.6 Å². The first-order valence-corrected chi connectivity index (χ1v) is 8.85. The monoisotopic (exact) mass is 346 g/mol. The minimum absolute atomic E-state index is 0. The summed E-state index contributed by atoms with van der Waals surface area (Å²) in [7, 11) is 0. The molecule has 0 atom stereocenters. The van der Waals surface area contributed by atoms with Crippen LogP contribution in [0.1, 0.15) is 58.3 Å². The molecule has 2 fully saturated rings. The lowest BCUT2D eigenvalue weighted by atomic mass is 9.86. The van der Waals surface area contributed by atoms with Gasteiger partial charge in [0.2, 0.25) is 5.91 Å². The maximum Gasteiger partial charge on any atom is 0.308 e. The van der Waals surface area contributed by atoms with Gasteiger partial charge in [-0.2, -0.15) is 0 Å². The number of nitrogens with one attached hydrogen (secondary N) is 2. The molecule has 0 aromatic carbocycles. The Kier molecular flexibility index (Phi) is 9.56. The molecule has 0 bridgehead atoms. The van der Waals surface area contributed by atoms with Crippen molar-refractivity contribution in [1.29, 1.82) is 0 Å². The lowest BCUT2D eigenvalue weighted by Gasteiger charge is -2.28. The van der Waals surface area contributed by atoms with E-state index in [1.165, 1.54) is 12.8 Å². The van der Waals surface area contributed by atoms with Gasteiger partial charge in [-0.1, -0.05) is 0 Å². The minimum Gasteiger partial charge on any atom is -0.466 e. The number of piperidine rings is 1. The molecular weight excluding hydrogens is 316 g/mol. The summed E-state index contributed by atoms with van der Waals surface area (Å²) in [5, 5.41) is 6.50. The summed E-state index contributed by atoms with van der Waals surface area (Å²) in [5.41, 5.74) is 0. The number of carbonyl (C=O) groups is 2. The Morgan fingerprint density at radius 1 is 1.09 bits per heavy atom. The first kappa shape index (κ1) is 20.2. The molecule has 1 amide bonds. The van der Waals surface area contributed by atoms with E-state index in [4.69, 9.17) is 4.74 Å². The van der Waals surface area contributed by atoms with E-state index >= 15 is 0 Å². The second-order valence-corrected chi connectivity index (χ2v) is 6.60. The Bertz CT molecular complexity index is 365. The third-order valence-corrected chi connectivity index (χ3v) is 4.95. The molecule has 1 aliphatic carbocycles. The normalized spacial score (nSPS) is 25.3. The van der Waals surface area contributed by atoms with E-state index in [2.05, 4.69) is 10.6 Å². The zero-order chi connectivity index (χ0) is 15.8. The van der Waals surface area contributed by atoms with Crippen LogP contribution in [0.5, 0.6) is 0 Å². The van der Waals surface area contributed by atoms with Crippen molar-refractivity contribution in [1.82, 2.24) is 10.6 Å². The molecule has 23 heavy (non-hydrogen) atoms. The average Bonchev–Trinajstić information content (AvgIpc) is 2.55. The van der Waals surface area contributed by atoms with Gasteiger partial charge in [0.05, 0.1) is 12.5 Å². The molecule has 0 aromatic heterocycles. The van der Waals surface area contributed by atoms with E-state index < -0.39 is 0 Å². The third-order valence-electron chi connectivity index (χ3n) is 4.95. The van der Waals surface area contributed by atoms with Gasteiger partial charge in [-0.25, -0.2) is 0 Å². The van der Waals surface area contributed by atoms with Gasteiger partial charge in [-0.05, 0) is 70.9 Å². The van der Waals surface area contributed by atoms with Gasteiger partial charge in [0.1, 0.15) is 0 Å². The van der Waals surface area contributed by atoms with Gasteiger partial charge in [0.15, 0.2) is 0 Å². The Morgan fingerprint density at radius 3 is 2.35 bits per heavy atom. The molecule has 5 nitrogen and oxygen atoms in total. The van der Waals surface area contributed by atoms with Crippen LogP contribution in [0.15, 0.2) is 0 Å². The van der Waals surface area contributed by atoms with Crippen molar-refractivity contribution in [3.05, 3.63) is 0 Å². The van der Waals surface area contributed by atoms with E-state index in [0.717, 1.165) is 45.2 Å². The average molecular weight is 347 g/mol. The number of rotatable bonds is 6. The molecule has 134 valence electrons. The zero-order valence-electron chi connectivity index (χ0n) is 14.1. The molecule has 0 unspecified atom stereocenters. The van der Waals surface area contributed by atoms with Crippen LogP contribution in [0.25, 0.3) is 0 Å². The standard InChI is InChI=1S/C17H30N2O3.ClH/c1-2-22-17(21)14-4-6-15(7-5-14)19-16(20)8-3-13-9-11-18-12-10-13;/h13-15,18H,2-12H2,1H3,(H,19,20);1H. The number of halogens is 1. The molecule has 1 heterocycles. The van der Waals surface area contributed by atoms with E-state index in [-0.39, 0.29) is 36.2 Å². The van der Waals surface area contributed by atoms with E-state index in [1.807, 2.05) is 6.92 Å². The van der Waals surface area contributed by atoms with Gasteiger partial charge < -0.3 is 15.4 Å². The Morgan fingerprint density at radius 2 is 1.74 bits per heavy atom. The fraction of sp³-hybridized carbons (Fsp3) is 0.882. The highest BCUT2D eigenvalue weighted by Crippen LogP contribution is 2.25. The first-order chi connectivity index (χ1) is 10.7. The molecule has 2 N–H and O–H groups in total. The maximum atomic E-state index is 12.1. The van der Waals surface area contributed by atoms with Crippen molar-refractivity contribution in [2.45, 2.75) is 64.3 Å². The van der Waals surface area contributed by atoms with Gasteiger partial charge in [-0.3, -0.25) is 9.59 Å². The highest BCUT2D eigenvalue weighted by atomic mass is 35.5. The van der Waals surface area contributed by atoms with Crippen LogP contribution in [-0.2, 0) is 14.3 Å². The number of esters is 1.